The van der Waals surface area contributed by atoms with Crippen LogP contribution in [0, 0.1) is 5.82 Å². The number of rotatable bonds is 7. The number of hydrogen-bond donors (Lipinski definition) is 1. The highest BCUT2D eigenvalue weighted by Crippen LogP contribution is 2.17. The Morgan fingerprint density at radius 2 is 1.86 bits per heavy atom. The van der Waals surface area contributed by atoms with Gasteiger partial charge in [-0.2, -0.15) is 0 Å². The number of benzene rings is 2. The van der Waals surface area contributed by atoms with E-state index in [0.29, 0.717) is 12.4 Å². The molecule has 2 aromatic carbocycles. The molecule has 0 unspecified atom stereocenters. The van der Waals surface area contributed by atoms with Crippen molar-refractivity contribution in [2.75, 3.05) is 17.7 Å². The number of anilines is 1. The first-order valence-corrected chi connectivity index (χ1v) is 8.06. The van der Waals surface area contributed by atoms with Gasteiger partial charge in [0.1, 0.15) is 11.6 Å². The van der Waals surface area contributed by atoms with Gasteiger partial charge in [-0.25, -0.2) is 4.39 Å². The third-order valence-electron chi connectivity index (χ3n) is 2.96. The summed E-state index contributed by atoms with van der Waals surface area (Å²) in [5, 5.41) is 2.31. The number of carbonyl (C=O) groups is 1. The molecule has 0 heterocycles. The summed E-state index contributed by atoms with van der Waals surface area (Å²) < 4.78 is 19.0. The van der Waals surface area contributed by atoms with Crippen molar-refractivity contribution in [2.24, 2.45) is 0 Å². The molecule has 3 nitrogen and oxygen atoms in total. The van der Waals surface area contributed by atoms with E-state index in [1.165, 1.54) is 17.8 Å². The lowest BCUT2D eigenvalue weighted by molar-refractivity contribution is -0.115. The Labute approximate surface area is 133 Å². The van der Waals surface area contributed by atoms with Gasteiger partial charge in [0.25, 0.3) is 0 Å². The maximum Gasteiger partial charge on any atom is 0.237 e. The lowest BCUT2D eigenvalue weighted by Crippen LogP contribution is -2.24. The van der Waals surface area contributed by atoms with Crippen molar-refractivity contribution in [3.05, 3.63) is 60.4 Å². The Bertz CT molecular complexity index is 607. The van der Waals surface area contributed by atoms with Gasteiger partial charge in [0, 0.05) is 5.75 Å². The largest absolute Gasteiger partial charge is 0.493 e. The van der Waals surface area contributed by atoms with Crippen molar-refractivity contribution >= 4 is 23.4 Å². The molecular weight excluding hydrogens is 301 g/mol. The van der Waals surface area contributed by atoms with Crippen molar-refractivity contribution < 1.29 is 13.9 Å². The predicted octanol–water partition coefficient (Wildman–Crippen LogP) is 3.96. The molecule has 2 rings (SSSR count). The van der Waals surface area contributed by atoms with Crippen LogP contribution in [0.25, 0.3) is 0 Å². The summed E-state index contributed by atoms with van der Waals surface area (Å²) in [5.41, 5.74) is 0.209. The monoisotopic (exact) mass is 319 g/mol. The predicted molar refractivity (Wildman–Crippen MR) is 88.9 cm³/mol. The van der Waals surface area contributed by atoms with E-state index in [4.69, 9.17) is 4.74 Å². The van der Waals surface area contributed by atoms with Crippen LogP contribution in [-0.4, -0.2) is 23.5 Å². The van der Waals surface area contributed by atoms with E-state index < -0.39 is 5.82 Å². The second-order valence-electron chi connectivity index (χ2n) is 4.64. The van der Waals surface area contributed by atoms with Crippen molar-refractivity contribution in [3.8, 4) is 5.75 Å². The SMILES string of the molecule is C[C@@H](SCCOc1ccccc1)C(=O)Nc1ccccc1F. The highest BCUT2D eigenvalue weighted by molar-refractivity contribution is 8.00. The Hall–Kier alpha value is -2.01. The molecule has 1 atom stereocenters. The molecule has 0 spiro atoms. The first-order valence-electron chi connectivity index (χ1n) is 7.01. The van der Waals surface area contributed by atoms with Gasteiger partial charge in [-0.05, 0) is 31.2 Å². The number of nitrogens with one attached hydrogen (secondary N) is 1. The van der Waals surface area contributed by atoms with E-state index in [9.17, 15) is 9.18 Å². The van der Waals surface area contributed by atoms with Gasteiger partial charge >= 0.3 is 0 Å². The smallest absolute Gasteiger partial charge is 0.237 e. The summed E-state index contributed by atoms with van der Waals surface area (Å²) in [6.07, 6.45) is 0. The van der Waals surface area contributed by atoms with Crippen molar-refractivity contribution in [3.63, 3.8) is 0 Å². The Balaban J connectivity index is 1.71. The number of thioether (sulfide) groups is 1. The van der Waals surface area contributed by atoms with Crippen LogP contribution in [0.15, 0.2) is 54.6 Å². The first kappa shape index (κ1) is 16.4. The van der Waals surface area contributed by atoms with E-state index in [-0.39, 0.29) is 16.8 Å². The minimum absolute atomic E-state index is 0.209. The number of hydrogen-bond acceptors (Lipinski definition) is 3. The van der Waals surface area contributed by atoms with Gasteiger partial charge in [-0.3, -0.25) is 4.79 Å². The molecule has 1 N–H and O–H groups in total. The molecule has 116 valence electrons. The fourth-order valence-corrected chi connectivity index (χ4v) is 2.52. The molecule has 0 radical (unpaired) electrons. The summed E-state index contributed by atoms with van der Waals surface area (Å²) in [5.74, 6) is 0.850. The number of ether oxygens (including phenoxy) is 1. The molecule has 0 aromatic heterocycles. The molecule has 0 bridgehead atoms. The van der Waals surface area contributed by atoms with Crippen LogP contribution in [0.2, 0.25) is 0 Å². The molecule has 0 saturated carbocycles. The van der Waals surface area contributed by atoms with E-state index >= 15 is 0 Å². The van der Waals surface area contributed by atoms with Crippen LogP contribution in [-0.2, 0) is 4.79 Å². The standard InChI is InChI=1S/C17H18FNO2S/c1-13(17(20)19-16-10-6-5-9-15(16)18)22-12-11-21-14-7-3-2-4-8-14/h2-10,13H,11-12H2,1H3,(H,19,20)/t13-/m1/s1. The number of para-hydroxylation sites is 2. The molecule has 0 aliphatic rings. The van der Waals surface area contributed by atoms with Crippen LogP contribution >= 0.6 is 11.8 Å². The Kier molecular flexibility index (Phi) is 6.27. The molecule has 0 fully saturated rings. The van der Waals surface area contributed by atoms with Crippen molar-refractivity contribution in [1.82, 2.24) is 0 Å². The lowest BCUT2D eigenvalue weighted by Gasteiger charge is -2.13. The summed E-state index contributed by atoms with van der Waals surface area (Å²) >= 11 is 1.47. The van der Waals surface area contributed by atoms with Gasteiger partial charge < -0.3 is 10.1 Å². The van der Waals surface area contributed by atoms with E-state index in [1.807, 2.05) is 30.3 Å². The zero-order valence-electron chi connectivity index (χ0n) is 12.3. The zero-order valence-corrected chi connectivity index (χ0v) is 13.1. The molecule has 22 heavy (non-hydrogen) atoms. The summed E-state index contributed by atoms with van der Waals surface area (Å²) in [6.45, 7) is 2.31. The third kappa shape index (κ3) is 5.07. The zero-order chi connectivity index (χ0) is 15.8. The second-order valence-corrected chi connectivity index (χ2v) is 6.09. The molecule has 0 aliphatic carbocycles. The highest BCUT2D eigenvalue weighted by atomic mass is 32.2. The van der Waals surface area contributed by atoms with Crippen LogP contribution in [0.1, 0.15) is 6.92 Å². The third-order valence-corrected chi connectivity index (χ3v) is 4.08. The Morgan fingerprint density at radius 3 is 2.59 bits per heavy atom. The lowest BCUT2D eigenvalue weighted by atomic mass is 10.3. The Morgan fingerprint density at radius 1 is 1.18 bits per heavy atom. The van der Waals surface area contributed by atoms with Crippen LogP contribution in [0.5, 0.6) is 5.75 Å². The molecular formula is C17H18FNO2S. The number of carbonyl (C=O) groups excluding carboxylic acids is 1. The van der Waals surface area contributed by atoms with E-state index in [1.54, 1.807) is 25.1 Å². The molecule has 2 aromatic rings. The molecule has 1 amide bonds. The van der Waals surface area contributed by atoms with Crippen LogP contribution in [0.4, 0.5) is 10.1 Å². The van der Waals surface area contributed by atoms with Gasteiger partial charge in [0.05, 0.1) is 17.5 Å². The van der Waals surface area contributed by atoms with Gasteiger partial charge in [0.2, 0.25) is 5.91 Å². The van der Waals surface area contributed by atoms with Gasteiger partial charge in [-0.15, -0.1) is 11.8 Å². The molecule has 0 saturated heterocycles. The van der Waals surface area contributed by atoms with E-state index in [0.717, 1.165) is 5.75 Å². The normalized spacial score (nSPS) is 11.7. The molecule has 0 aliphatic heterocycles. The quantitative estimate of drug-likeness (QED) is 0.785. The fourth-order valence-electron chi connectivity index (χ4n) is 1.77. The fraction of sp³-hybridized carbons (Fsp3) is 0.235. The first-order chi connectivity index (χ1) is 10.7. The highest BCUT2D eigenvalue weighted by Gasteiger charge is 2.14. The maximum absolute atomic E-state index is 13.5. The maximum atomic E-state index is 13.5. The van der Waals surface area contributed by atoms with Gasteiger partial charge in [0.15, 0.2) is 0 Å². The summed E-state index contributed by atoms with van der Waals surface area (Å²) in [6, 6.07) is 15.7. The van der Waals surface area contributed by atoms with Crippen LogP contribution in [0.3, 0.4) is 0 Å². The average molecular weight is 319 g/mol. The second kappa shape index (κ2) is 8.44. The average Bonchev–Trinajstić information content (AvgIpc) is 2.54. The minimum Gasteiger partial charge on any atom is -0.493 e. The molecule has 5 heteroatoms. The van der Waals surface area contributed by atoms with Crippen molar-refractivity contribution in [1.29, 1.82) is 0 Å². The summed E-state index contributed by atoms with van der Waals surface area (Å²) in [4.78, 5) is 12.0. The van der Waals surface area contributed by atoms with Crippen LogP contribution < -0.4 is 10.1 Å². The van der Waals surface area contributed by atoms with E-state index in [2.05, 4.69) is 5.32 Å². The minimum atomic E-state index is -0.430. The van der Waals surface area contributed by atoms with Crippen molar-refractivity contribution in [2.45, 2.75) is 12.2 Å². The summed E-state index contributed by atoms with van der Waals surface area (Å²) in [7, 11) is 0. The van der Waals surface area contributed by atoms with Gasteiger partial charge in [-0.1, -0.05) is 30.3 Å². The number of amides is 1. The number of halogens is 1. The topological polar surface area (TPSA) is 38.3 Å².